The highest BCUT2D eigenvalue weighted by Crippen LogP contribution is 2.71. The zero-order chi connectivity index (χ0) is 54.7. The lowest BCUT2D eigenvalue weighted by atomic mass is 9.42. The molecular weight excluding hydrogens is 989 g/mol. The van der Waals surface area contributed by atoms with Crippen LogP contribution in [-0.4, -0.2) is 186 Å². The fourth-order valence-corrected chi connectivity index (χ4v) is 14.8. The third kappa shape index (κ3) is 10.3. The van der Waals surface area contributed by atoms with Gasteiger partial charge < -0.3 is 82.4 Å². The molecule has 4 aliphatic heterocycles. The van der Waals surface area contributed by atoms with E-state index in [1.807, 2.05) is 57.2 Å². The summed E-state index contributed by atoms with van der Waals surface area (Å²) >= 11 is 0. The first kappa shape index (κ1) is 57.9. The highest BCUT2D eigenvalue weighted by Gasteiger charge is 2.81. The molecule has 426 valence electrons. The molecule has 0 spiro atoms. The van der Waals surface area contributed by atoms with Crippen molar-refractivity contribution in [1.82, 2.24) is 0 Å². The van der Waals surface area contributed by atoms with Gasteiger partial charge in [0.15, 0.2) is 30.9 Å². The van der Waals surface area contributed by atoms with Gasteiger partial charge in [-0.1, -0.05) is 48.9 Å². The number of methoxy groups -OCH3 is 3. The van der Waals surface area contributed by atoms with Crippen molar-refractivity contribution in [2.75, 3.05) is 21.3 Å². The van der Waals surface area contributed by atoms with Gasteiger partial charge in [0.1, 0.15) is 47.3 Å². The Morgan fingerprint density at radius 1 is 0.671 bits per heavy atom. The van der Waals surface area contributed by atoms with Gasteiger partial charge in [-0.25, -0.2) is 4.79 Å². The first-order valence-corrected chi connectivity index (χ1v) is 27.5. The number of carbonyl (C=O) groups is 2. The number of Topliss-reactive ketones (excluding diaryl/α,β-unsaturated/α-hetero) is 1. The molecular formula is C57H84O19. The summed E-state index contributed by atoms with van der Waals surface area (Å²) in [6.07, 6.45) is -3.15. The van der Waals surface area contributed by atoms with Crippen LogP contribution in [0.2, 0.25) is 0 Å². The van der Waals surface area contributed by atoms with Crippen molar-refractivity contribution in [3.05, 3.63) is 53.6 Å². The number of carbonyl (C=O) groups excluding carboxylic acids is 2. The minimum atomic E-state index is -2.06. The number of ketones is 1. The minimum absolute atomic E-state index is 0.0615. The Bertz CT molecular complexity index is 2240. The van der Waals surface area contributed by atoms with Gasteiger partial charge >= 0.3 is 5.97 Å². The van der Waals surface area contributed by atoms with E-state index in [0.717, 1.165) is 11.1 Å². The minimum Gasteiger partial charge on any atom is -0.458 e. The van der Waals surface area contributed by atoms with Crippen LogP contribution in [0.25, 0.3) is 6.08 Å². The monoisotopic (exact) mass is 1070 g/mol. The maximum absolute atomic E-state index is 13.6. The van der Waals surface area contributed by atoms with Crippen molar-refractivity contribution in [1.29, 1.82) is 0 Å². The second-order valence-corrected chi connectivity index (χ2v) is 23.4. The highest BCUT2D eigenvalue weighted by molar-refractivity contribution is 5.88. The summed E-state index contributed by atoms with van der Waals surface area (Å²) in [5, 5.41) is 60.1. The van der Waals surface area contributed by atoms with E-state index in [1.165, 1.54) is 13.0 Å². The molecule has 4 heterocycles. The average molecular weight is 1070 g/mol. The van der Waals surface area contributed by atoms with E-state index in [4.69, 9.17) is 56.8 Å². The molecule has 5 N–H and O–H groups in total. The molecule has 4 saturated heterocycles. The molecule has 0 radical (unpaired) electrons. The molecule has 1 aromatic rings. The SMILES string of the molecule is COC1CC(OC2C(C)OC(OC3C(C)OC(OC4C(O)CC(O[C@H]5CC[C@@]6(C)C(=CC[C@]7(O)[C@@H]6C[C@@H](OC(=O)/C=C/c6ccccc6)[C@@]6(C)[C@]7(O)CC[C@@]6(O)C(C)=O)C5)OC4C)CC3OC)CC2OC)OC(C)C1O. The molecule has 24 atom stereocenters. The van der Waals surface area contributed by atoms with Crippen molar-refractivity contribution < 1.29 is 92.0 Å². The third-order valence-corrected chi connectivity index (χ3v) is 19.3. The van der Waals surface area contributed by atoms with E-state index in [2.05, 4.69) is 6.92 Å². The Kier molecular flexibility index (Phi) is 17.2. The number of benzene rings is 1. The molecule has 19 nitrogen and oxygen atoms in total. The quantitative estimate of drug-likeness (QED) is 0.0917. The largest absolute Gasteiger partial charge is 0.458 e. The third-order valence-electron chi connectivity index (χ3n) is 19.3. The number of aliphatic hydroxyl groups excluding tert-OH is 2. The Hall–Kier alpha value is -2.80. The van der Waals surface area contributed by atoms with Crippen LogP contribution in [0, 0.1) is 16.7 Å². The predicted octanol–water partition coefficient (Wildman–Crippen LogP) is 4.58. The van der Waals surface area contributed by atoms with Crippen LogP contribution in [0.4, 0.5) is 0 Å². The fraction of sp³-hybridized carbons (Fsp3) is 0.789. The fourth-order valence-electron chi connectivity index (χ4n) is 14.8. The van der Waals surface area contributed by atoms with Gasteiger partial charge in [0, 0.05) is 59.0 Å². The summed E-state index contributed by atoms with van der Waals surface area (Å²) in [6.45, 7) is 12.3. The van der Waals surface area contributed by atoms with Crippen LogP contribution in [-0.2, 0) is 66.4 Å². The number of fused-ring (bicyclic) bond motifs is 5. The second kappa shape index (κ2) is 22.6. The lowest BCUT2D eigenvalue weighted by Gasteiger charge is -2.67. The summed E-state index contributed by atoms with van der Waals surface area (Å²) in [6, 6.07) is 9.27. The molecule has 7 fully saturated rings. The number of aliphatic hydroxyl groups is 5. The Balaban J connectivity index is 0.798. The maximum Gasteiger partial charge on any atom is 0.331 e. The van der Waals surface area contributed by atoms with Crippen molar-refractivity contribution >= 4 is 17.8 Å². The van der Waals surface area contributed by atoms with Crippen LogP contribution >= 0.6 is 0 Å². The summed E-state index contributed by atoms with van der Waals surface area (Å²) in [7, 11) is 4.78. The molecule has 4 aliphatic carbocycles. The average Bonchev–Trinajstić information content (AvgIpc) is 3.72. The van der Waals surface area contributed by atoms with E-state index in [9.17, 15) is 35.1 Å². The molecule has 76 heavy (non-hydrogen) atoms. The van der Waals surface area contributed by atoms with Gasteiger partial charge in [-0.3, -0.25) is 4.79 Å². The van der Waals surface area contributed by atoms with Crippen molar-refractivity contribution in [2.45, 2.75) is 247 Å². The van der Waals surface area contributed by atoms with E-state index < -0.39 is 144 Å². The zero-order valence-corrected chi connectivity index (χ0v) is 45.8. The topological polar surface area (TPSA) is 246 Å². The zero-order valence-electron chi connectivity index (χ0n) is 45.8. The normalized spacial score (nSPS) is 48.6. The van der Waals surface area contributed by atoms with E-state index >= 15 is 0 Å². The van der Waals surface area contributed by atoms with Crippen molar-refractivity contribution in [2.24, 2.45) is 16.7 Å². The van der Waals surface area contributed by atoms with Crippen LogP contribution < -0.4 is 0 Å². The number of esters is 1. The smallest absolute Gasteiger partial charge is 0.331 e. The molecule has 0 amide bonds. The first-order chi connectivity index (χ1) is 36.0. The lowest BCUT2D eigenvalue weighted by molar-refractivity contribution is -0.346. The van der Waals surface area contributed by atoms with E-state index in [0.29, 0.717) is 38.5 Å². The van der Waals surface area contributed by atoms with Gasteiger partial charge in [-0.15, -0.1) is 0 Å². The maximum atomic E-state index is 13.6. The van der Waals surface area contributed by atoms with Crippen molar-refractivity contribution in [3.63, 3.8) is 0 Å². The molecule has 16 unspecified atom stereocenters. The predicted molar refractivity (Wildman–Crippen MR) is 271 cm³/mol. The molecule has 8 aliphatic rings. The van der Waals surface area contributed by atoms with E-state index in [-0.39, 0.29) is 44.3 Å². The molecule has 0 bridgehead atoms. The second-order valence-electron chi connectivity index (χ2n) is 23.4. The van der Waals surface area contributed by atoms with Crippen LogP contribution in [0.15, 0.2) is 48.1 Å². The molecule has 1 aromatic carbocycles. The molecule has 9 rings (SSSR count). The Labute approximate surface area is 446 Å². The van der Waals surface area contributed by atoms with Crippen LogP contribution in [0.1, 0.15) is 125 Å². The summed E-state index contributed by atoms with van der Waals surface area (Å²) < 4.78 is 74.7. The first-order valence-electron chi connectivity index (χ1n) is 27.5. The molecule has 3 saturated carbocycles. The number of ether oxygens (including phenoxy) is 12. The van der Waals surface area contributed by atoms with Gasteiger partial charge in [-0.05, 0) is 104 Å². The van der Waals surface area contributed by atoms with E-state index in [1.54, 1.807) is 41.3 Å². The van der Waals surface area contributed by atoms with Crippen LogP contribution in [0.3, 0.4) is 0 Å². The Morgan fingerprint density at radius 2 is 1.21 bits per heavy atom. The highest BCUT2D eigenvalue weighted by atomic mass is 16.8. The van der Waals surface area contributed by atoms with Crippen LogP contribution in [0.5, 0.6) is 0 Å². The number of rotatable bonds is 15. The standard InChI is InChI=1S/C57H84O19/c1-30-49(61)39(65-8)26-46(68-30)75-51-33(4)71-48(28-41(51)67-10)76-52-32(3)70-47(27-40(52)66-9)74-50-31(2)69-45(25-38(50)59)72-37-19-20-53(6)36(24-37)18-21-56(63)42(53)29-43(73-44(60)17-16-35-14-12-11-13-15-35)54(7)55(62,34(5)58)22-23-57(54,56)64/h11-18,30-33,37-43,45-52,59,61-64H,19-29H2,1-10H3/b17-16+/t30?,31?,32?,33?,37-,38?,39?,40?,41?,42+,43+,45?,46?,47?,48?,49?,50?,51?,52?,53-,54+,55+,56-,57+/m0/s1. The summed E-state index contributed by atoms with van der Waals surface area (Å²) in [4.78, 5) is 26.9. The Morgan fingerprint density at radius 3 is 1.78 bits per heavy atom. The van der Waals surface area contributed by atoms with Gasteiger partial charge in [0.25, 0.3) is 0 Å². The summed E-state index contributed by atoms with van der Waals surface area (Å²) in [5.74, 6) is -1.84. The van der Waals surface area contributed by atoms with Crippen molar-refractivity contribution in [3.8, 4) is 0 Å². The number of hydrogen-bond donors (Lipinski definition) is 5. The van der Waals surface area contributed by atoms with Gasteiger partial charge in [0.05, 0.1) is 60.4 Å². The number of hydrogen-bond acceptors (Lipinski definition) is 19. The van der Waals surface area contributed by atoms with Gasteiger partial charge in [-0.2, -0.15) is 0 Å². The molecule has 0 aromatic heterocycles. The molecule has 19 heteroatoms. The van der Waals surface area contributed by atoms with Gasteiger partial charge in [0.2, 0.25) is 0 Å². The lowest BCUT2D eigenvalue weighted by Crippen LogP contribution is -2.78. The summed E-state index contributed by atoms with van der Waals surface area (Å²) in [5.41, 5.74) is -6.35.